The van der Waals surface area contributed by atoms with Crippen molar-refractivity contribution in [1.82, 2.24) is 4.57 Å². The van der Waals surface area contributed by atoms with Crippen molar-refractivity contribution in [2.24, 2.45) is 7.05 Å². The third-order valence-corrected chi connectivity index (χ3v) is 4.47. The van der Waals surface area contributed by atoms with E-state index in [9.17, 15) is 10.1 Å². The molecule has 0 fully saturated rings. The first-order valence-corrected chi connectivity index (χ1v) is 7.15. The van der Waals surface area contributed by atoms with E-state index in [4.69, 9.17) is 0 Å². The lowest BCUT2D eigenvalue weighted by molar-refractivity contribution is -0.384. The quantitative estimate of drug-likeness (QED) is 0.378. The summed E-state index contributed by atoms with van der Waals surface area (Å²) in [7, 11) is 1.98. The standard InChI is InChI=1S/C15H11IN2O2/c1-17-13-8-7-11(18(19)20)9-12(13)14(16)15(17)10-5-3-2-4-6-10/h2-9H,1H3. The number of benzene rings is 2. The molecule has 3 rings (SSSR count). The van der Waals surface area contributed by atoms with Crippen LogP contribution in [0.3, 0.4) is 0 Å². The van der Waals surface area contributed by atoms with Crippen LogP contribution in [0.1, 0.15) is 0 Å². The molecule has 0 saturated heterocycles. The number of rotatable bonds is 2. The zero-order valence-corrected chi connectivity index (χ0v) is 12.9. The number of hydrogen-bond acceptors (Lipinski definition) is 2. The number of aromatic nitrogens is 1. The van der Waals surface area contributed by atoms with Crippen molar-refractivity contribution in [1.29, 1.82) is 0 Å². The molecule has 1 aromatic heterocycles. The average molecular weight is 378 g/mol. The highest BCUT2D eigenvalue weighted by Crippen LogP contribution is 2.35. The van der Waals surface area contributed by atoms with Crippen molar-refractivity contribution >= 4 is 39.2 Å². The second-order valence-electron chi connectivity index (χ2n) is 4.55. The smallest absolute Gasteiger partial charge is 0.270 e. The van der Waals surface area contributed by atoms with Crippen LogP contribution in [-0.2, 0) is 7.05 Å². The van der Waals surface area contributed by atoms with E-state index in [0.29, 0.717) is 0 Å². The number of nitro groups is 1. The van der Waals surface area contributed by atoms with Gasteiger partial charge in [-0.25, -0.2) is 0 Å². The number of halogens is 1. The summed E-state index contributed by atoms with van der Waals surface area (Å²) in [5.41, 5.74) is 3.32. The number of non-ortho nitro benzene ring substituents is 1. The molecule has 3 aromatic rings. The van der Waals surface area contributed by atoms with E-state index < -0.39 is 0 Å². The molecule has 0 atom stereocenters. The SMILES string of the molecule is Cn1c(-c2ccccc2)c(I)c2cc([N+](=O)[O-])ccc21. The molecule has 0 spiro atoms. The van der Waals surface area contributed by atoms with Crippen molar-refractivity contribution in [3.8, 4) is 11.3 Å². The van der Waals surface area contributed by atoms with Crippen LogP contribution in [0.15, 0.2) is 48.5 Å². The molecule has 0 unspecified atom stereocenters. The summed E-state index contributed by atoms with van der Waals surface area (Å²) in [6.07, 6.45) is 0. The van der Waals surface area contributed by atoms with E-state index in [2.05, 4.69) is 27.2 Å². The van der Waals surface area contributed by atoms with Gasteiger partial charge >= 0.3 is 0 Å². The third kappa shape index (κ3) is 1.98. The second-order valence-corrected chi connectivity index (χ2v) is 5.62. The van der Waals surface area contributed by atoms with E-state index in [-0.39, 0.29) is 10.6 Å². The van der Waals surface area contributed by atoms with E-state index in [1.807, 2.05) is 43.4 Å². The van der Waals surface area contributed by atoms with Gasteiger partial charge in [0.25, 0.3) is 5.69 Å². The predicted octanol–water partition coefficient (Wildman–Crippen LogP) is 4.36. The molecule has 2 aromatic carbocycles. The zero-order valence-electron chi connectivity index (χ0n) is 10.7. The maximum Gasteiger partial charge on any atom is 0.270 e. The van der Waals surface area contributed by atoms with Crippen LogP contribution in [0.25, 0.3) is 22.2 Å². The molecule has 1 heterocycles. The summed E-state index contributed by atoms with van der Waals surface area (Å²) in [6, 6.07) is 15.1. The van der Waals surface area contributed by atoms with Gasteiger partial charge < -0.3 is 4.57 Å². The first kappa shape index (κ1) is 13.1. The van der Waals surface area contributed by atoms with Gasteiger partial charge in [-0.3, -0.25) is 10.1 Å². The Morgan fingerprint density at radius 2 is 1.85 bits per heavy atom. The number of nitrogens with zero attached hydrogens (tertiary/aromatic N) is 2. The van der Waals surface area contributed by atoms with Gasteiger partial charge in [0.1, 0.15) is 0 Å². The van der Waals surface area contributed by atoms with Gasteiger partial charge in [-0.2, -0.15) is 0 Å². The van der Waals surface area contributed by atoms with Crippen LogP contribution in [0.2, 0.25) is 0 Å². The lowest BCUT2D eigenvalue weighted by atomic mass is 10.1. The van der Waals surface area contributed by atoms with E-state index in [0.717, 1.165) is 25.7 Å². The molecular weight excluding hydrogens is 367 g/mol. The van der Waals surface area contributed by atoms with Crippen LogP contribution in [0.5, 0.6) is 0 Å². The van der Waals surface area contributed by atoms with Crippen LogP contribution in [0, 0.1) is 13.7 Å². The number of fused-ring (bicyclic) bond motifs is 1. The molecule has 0 amide bonds. The molecule has 4 nitrogen and oxygen atoms in total. The molecular formula is C15H11IN2O2. The summed E-state index contributed by atoms with van der Waals surface area (Å²) >= 11 is 2.26. The highest BCUT2D eigenvalue weighted by molar-refractivity contribution is 14.1. The monoisotopic (exact) mass is 378 g/mol. The fourth-order valence-corrected chi connectivity index (χ4v) is 3.52. The number of nitro benzene ring substituents is 1. The largest absolute Gasteiger partial charge is 0.343 e. The summed E-state index contributed by atoms with van der Waals surface area (Å²) < 4.78 is 3.12. The second kappa shape index (κ2) is 4.90. The van der Waals surface area contributed by atoms with Crippen molar-refractivity contribution in [2.75, 3.05) is 0 Å². The van der Waals surface area contributed by atoms with E-state index >= 15 is 0 Å². The minimum absolute atomic E-state index is 0.126. The summed E-state index contributed by atoms with van der Waals surface area (Å²) in [6.45, 7) is 0. The molecule has 0 bridgehead atoms. The first-order chi connectivity index (χ1) is 9.59. The minimum Gasteiger partial charge on any atom is -0.343 e. The third-order valence-electron chi connectivity index (χ3n) is 3.38. The maximum atomic E-state index is 10.9. The Balaban J connectivity index is 2.32. The number of aryl methyl sites for hydroxylation is 1. The van der Waals surface area contributed by atoms with Gasteiger partial charge in [0.15, 0.2) is 0 Å². The van der Waals surface area contributed by atoms with Gasteiger partial charge in [-0.1, -0.05) is 30.3 Å². The zero-order chi connectivity index (χ0) is 14.3. The molecule has 0 aliphatic heterocycles. The van der Waals surface area contributed by atoms with E-state index in [1.165, 1.54) is 0 Å². The minimum atomic E-state index is -0.356. The molecule has 0 saturated carbocycles. The van der Waals surface area contributed by atoms with Crippen LogP contribution < -0.4 is 0 Å². The summed E-state index contributed by atoms with van der Waals surface area (Å²) in [5, 5.41) is 11.8. The van der Waals surface area contributed by atoms with Gasteiger partial charge in [-0.15, -0.1) is 0 Å². The van der Waals surface area contributed by atoms with Crippen molar-refractivity contribution in [3.63, 3.8) is 0 Å². The Hall–Kier alpha value is -1.89. The summed E-state index contributed by atoms with van der Waals surface area (Å²) in [4.78, 5) is 10.6. The van der Waals surface area contributed by atoms with Crippen LogP contribution >= 0.6 is 22.6 Å². The predicted molar refractivity (Wildman–Crippen MR) is 87.7 cm³/mol. The normalized spacial score (nSPS) is 10.9. The first-order valence-electron chi connectivity index (χ1n) is 6.07. The van der Waals surface area contributed by atoms with Gasteiger partial charge in [0, 0.05) is 33.7 Å². The van der Waals surface area contributed by atoms with E-state index in [1.54, 1.807) is 12.1 Å². The van der Waals surface area contributed by atoms with Gasteiger partial charge in [0.05, 0.1) is 10.6 Å². The lowest BCUT2D eigenvalue weighted by Crippen LogP contribution is -1.92. The molecule has 20 heavy (non-hydrogen) atoms. The molecule has 100 valence electrons. The Morgan fingerprint density at radius 1 is 1.15 bits per heavy atom. The molecule has 5 heteroatoms. The molecule has 0 N–H and O–H groups in total. The Morgan fingerprint density at radius 3 is 2.50 bits per heavy atom. The van der Waals surface area contributed by atoms with Crippen molar-refractivity contribution in [3.05, 3.63) is 62.2 Å². The Kier molecular flexibility index (Phi) is 3.21. The Labute approximate surface area is 129 Å². The maximum absolute atomic E-state index is 10.9. The fourth-order valence-electron chi connectivity index (χ4n) is 2.42. The highest BCUT2D eigenvalue weighted by Gasteiger charge is 2.17. The molecule has 0 aliphatic carbocycles. The van der Waals surface area contributed by atoms with Crippen LogP contribution in [-0.4, -0.2) is 9.49 Å². The van der Waals surface area contributed by atoms with Crippen LogP contribution in [0.4, 0.5) is 5.69 Å². The Bertz CT molecular complexity index is 810. The van der Waals surface area contributed by atoms with Gasteiger partial charge in [0.2, 0.25) is 0 Å². The van der Waals surface area contributed by atoms with Crippen molar-refractivity contribution < 1.29 is 4.92 Å². The fraction of sp³-hybridized carbons (Fsp3) is 0.0667. The topological polar surface area (TPSA) is 48.1 Å². The summed E-state index contributed by atoms with van der Waals surface area (Å²) in [5.74, 6) is 0. The van der Waals surface area contributed by atoms with Gasteiger partial charge in [-0.05, 0) is 34.2 Å². The van der Waals surface area contributed by atoms with Crippen molar-refractivity contribution in [2.45, 2.75) is 0 Å². The average Bonchev–Trinajstić information content (AvgIpc) is 2.71. The molecule has 0 aliphatic rings. The number of hydrogen-bond donors (Lipinski definition) is 0. The lowest BCUT2D eigenvalue weighted by Gasteiger charge is -2.04. The molecule has 0 radical (unpaired) electrons. The highest BCUT2D eigenvalue weighted by atomic mass is 127.